The number of ether oxygens (including phenoxy) is 1. The van der Waals surface area contributed by atoms with Crippen LogP contribution in [0.3, 0.4) is 0 Å². The van der Waals surface area contributed by atoms with Gasteiger partial charge in [-0.1, -0.05) is 12.8 Å². The number of hydrogen-bond acceptors (Lipinski definition) is 5. The van der Waals surface area contributed by atoms with Crippen molar-refractivity contribution in [3.05, 3.63) is 33.9 Å². The first-order valence-corrected chi connectivity index (χ1v) is 6.99. The Balaban J connectivity index is 2.26. The Morgan fingerprint density at radius 3 is 2.67 bits per heavy atom. The predicted molar refractivity (Wildman–Crippen MR) is 77.1 cm³/mol. The van der Waals surface area contributed by atoms with Gasteiger partial charge in [0.05, 0.1) is 4.92 Å². The molecule has 2 unspecified atom stereocenters. The molecule has 2 atom stereocenters. The number of nitro benzene ring substituents is 1. The Morgan fingerprint density at radius 2 is 2.00 bits per heavy atom. The molecule has 0 bridgehead atoms. The standard InChI is InChI=1S/C14H19N3O4/c15-10-4-2-1-3-5-12(10)21-13-7-6-9(14(16)18)8-11(13)17(19)20/h6-8,10,12H,1-5,15H2,(H2,16,18). The van der Waals surface area contributed by atoms with Gasteiger partial charge in [0.1, 0.15) is 6.10 Å². The molecule has 1 fully saturated rings. The number of nitro groups is 1. The van der Waals surface area contributed by atoms with E-state index in [2.05, 4.69) is 0 Å². The highest BCUT2D eigenvalue weighted by Gasteiger charge is 2.26. The number of benzene rings is 1. The molecule has 7 nitrogen and oxygen atoms in total. The Labute approximate surface area is 122 Å². The van der Waals surface area contributed by atoms with Crippen LogP contribution in [-0.2, 0) is 0 Å². The Morgan fingerprint density at radius 1 is 1.29 bits per heavy atom. The zero-order valence-electron chi connectivity index (χ0n) is 11.7. The van der Waals surface area contributed by atoms with Crippen LogP contribution in [0.25, 0.3) is 0 Å². The Bertz CT molecular complexity index is 547. The minimum atomic E-state index is -0.712. The van der Waals surface area contributed by atoms with Crippen molar-refractivity contribution in [1.82, 2.24) is 0 Å². The second kappa shape index (κ2) is 6.53. The molecule has 1 aromatic carbocycles. The number of amides is 1. The van der Waals surface area contributed by atoms with Crippen LogP contribution >= 0.6 is 0 Å². The van der Waals surface area contributed by atoms with E-state index in [1.807, 2.05) is 0 Å². The molecule has 1 aliphatic rings. The molecular formula is C14H19N3O4. The average molecular weight is 293 g/mol. The highest BCUT2D eigenvalue weighted by Crippen LogP contribution is 2.31. The lowest BCUT2D eigenvalue weighted by atomic mass is 10.1. The summed E-state index contributed by atoms with van der Waals surface area (Å²) in [6.07, 6.45) is 4.50. The molecule has 0 aliphatic heterocycles. The minimum absolute atomic E-state index is 0.0826. The van der Waals surface area contributed by atoms with E-state index in [1.165, 1.54) is 12.1 Å². The maximum atomic E-state index is 11.1. The van der Waals surface area contributed by atoms with Gasteiger partial charge in [0, 0.05) is 17.7 Å². The van der Waals surface area contributed by atoms with Gasteiger partial charge in [0.2, 0.25) is 5.91 Å². The summed E-state index contributed by atoms with van der Waals surface area (Å²) >= 11 is 0. The summed E-state index contributed by atoms with van der Waals surface area (Å²) in [4.78, 5) is 21.7. The third-order valence-electron chi connectivity index (χ3n) is 3.72. The maximum Gasteiger partial charge on any atom is 0.311 e. The van der Waals surface area contributed by atoms with Gasteiger partial charge in [0.25, 0.3) is 0 Å². The van der Waals surface area contributed by atoms with E-state index in [0.717, 1.165) is 38.2 Å². The second-order valence-corrected chi connectivity index (χ2v) is 5.26. The van der Waals surface area contributed by atoms with Crippen LogP contribution in [0.1, 0.15) is 42.5 Å². The molecule has 1 aromatic rings. The van der Waals surface area contributed by atoms with Crippen molar-refractivity contribution in [2.24, 2.45) is 11.5 Å². The van der Waals surface area contributed by atoms with E-state index >= 15 is 0 Å². The van der Waals surface area contributed by atoms with E-state index in [1.54, 1.807) is 0 Å². The van der Waals surface area contributed by atoms with Crippen LogP contribution in [0.15, 0.2) is 18.2 Å². The molecule has 0 radical (unpaired) electrons. The molecule has 7 heteroatoms. The normalized spacial score (nSPS) is 22.3. The fourth-order valence-corrected chi connectivity index (χ4v) is 2.52. The van der Waals surface area contributed by atoms with E-state index in [0.29, 0.717) is 0 Å². The summed E-state index contributed by atoms with van der Waals surface area (Å²) in [5.41, 5.74) is 11.0. The quantitative estimate of drug-likeness (QED) is 0.497. The lowest BCUT2D eigenvalue weighted by Crippen LogP contribution is -2.38. The average Bonchev–Trinajstić information content (AvgIpc) is 2.64. The molecule has 21 heavy (non-hydrogen) atoms. The number of carbonyl (C=O) groups excluding carboxylic acids is 1. The van der Waals surface area contributed by atoms with Gasteiger partial charge in [-0.2, -0.15) is 0 Å². The molecule has 0 saturated heterocycles. The monoisotopic (exact) mass is 293 g/mol. The molecule has 1 aliphatic carbocycles. The second-order valence-electron chi connectivity index (χ2n) is 5.26. The number of rotatable bonds is 4. The summed E-state index contributed by atoms with van der Waals surface area (Å²) in [5.74, 6) is -0.580. The Hall–Kier alpha value is -2.15. The maximum absolute atomic E-state index is 11.1. The summed E-state index contributed by atoms with van der Waals surface area (Å²) in [7, 11) is 0. The van der Waals surface area contributed by atoms with Crippen LogP contribution < -0.4 is 16.2 Å². The predicted octanol–water partition coefficient (Wildman–Crippen LogP) is 1.73. The van der Waals surface area contributed by atoms with Gasteiger partial charge in [-0.15, -0.1) is 0 Å². The molecule has 0 spiro atoms. The Kier molecular flexibility index (Phi) is 4.74. The summed E-state index contributed by atoms with van der Waals surface area (Å²) in [6, 6.07) is 3.84. The number of nitrogens with two attached hydrogens (primary N) is 2. The molecular weight excluding hydrogens is 274 g/mol. The zero-order chi connectivity index (χ0) is 15.4. The number of nitrogens with zero attached hydrogens (tertiary/aromatic N) is 1. The number of hydrogen-bond donors (Lipinski definition) is 2. The van der Waals surface area contributed by atoms with Gasteiger partial charge in [0.15, 0.2) is 5.75 Å². The van der Waals surface area contributed by atoms with Crippen molar-refractivity contribution >= 4 is 11.6 Å². The first kappa shape index (κ1) is 15.2. The van der Waals surface area contributed by atoms with Crippen molar-refractivity contribution < 1.29 is 14.5 Å². The third kappa shape index (κ3) is 3.69. The van der Waals surface area contributed by atoms with Crippen molar-refractivity contribution in [2.45, 2.75) is 44.2 Å². The van der Waals surface area contributed by atoms with Crippen LogP contribution in [0.4, 0.5) is 5.69 Å². The lowest BCUT2D eigenvalue weighted by Gasteiger charge is -2.22. The zero-order valence-corrected chi connectivity index (χ0v) is 11.7. The van der Waals surface area contributed by atoms with Gasteiger partial charge in [-0.25, -0.2) is 0 Å². The minimum Gasteiger partial charge on any atom is -0.482 e. The number of primary amides is 1. The summed E-state index contributed by atoms with van der Waals surface area (Å²) in [6.45, 7) is 0. The first-order valence-electron chi connectivity index (χ1n) is 6.99. The third-order valence-corrected chi connectivity index (χ3v) is 3.72. The van der Waals surface area contributed by atoms with Gasteiger partial charge in [-0.05, 0) is 31.4 Å². The molecule has 2 rings (SSSR count). The van der Waals surface area contributed by atoms with E-state index in [-0.39, 0.29) is 29.1 Å². The first-order chi connectivity index (χ1) is 9.99. The van der Waals surface area contributed by atoms with Crippen LogP contribution in [-0.4, -0.2) is 23.0 Å². The molecule has 0 heterocycles. The smallest absolute Gasteiger partial charge is 0.311 e. The SMILES string of the molecule is NC(=O)c1ccc(OC2CCCCCC2N)c([N+](=O)[O-])c1. The topological polar surface area (TPSA) is 121 Å². The van der Waals surface area contributed by atoms with Gasteiger partial charge < -0.3 is 16.2 Å². The van der Waals surface area contributed by atoms with Crippen molar-refractivity contribution in [3.63, 3.8) is 0 Å². The van der Waals surface area contributed by atoms with E-state index < -0.39 is 10.8 Å². The van der Waals surface area contributed by atoms with Crippen LogP contribution in [0.2, 0.25) is 0 Å². The molecule has 4 N–H and O–H groups in total. The van der Waals surface area contributed by atoms with Crippen LogP contribution in [0, 0.1) is 10.1 Å². The molecule has 1 saturated carbocycles. The van der Waals surface area contributed by atoms with E-state index in [4.69, 9.17) is 16.2 Å². The largest absolute Gasteiger partial charge is 0.482 e. The van der Waals surface area contributed by atoms with Crippen molar-refractivity contribution in [2.75, 3.05) is 0 Å². The summed E-state index contributed by atoms with van der Waals surface area (Å²) in [5, 5.41) is 11.1. The van der Waals surface area contributed by atoms with Crippen LogP contribution in [0.5, 0.6) is 5.75 Å². The highest BCUT2D eigenvalue weighted by atomic mass is 16.6. The fourth-order valence-electron chi connectivity index (χ4n) is 2.52. The highest BCUT2D eigenvalue weighted by molar-refractivity contribution is 5.93. The molecule has 1 amide bonds. The fraction of sp³-hybridized carbons (Fsp3) is 0.500. The van der Waals surface area contributed by atoms with Gasteiger partial charge >= 0.3 is 5.69 Å². The molecule has 114 valence electrons. The van der Waals surface area contributed by atoms with Gasteiger partial charge in [-0.3, -0.25) is 14.9 Å². The summed E-state index contributed by atoms with van der Waals surface area (Å²) < 4.78 is 5.76. The lowest BCUT2D eigenvalue weighted by molar-refractivity contribution is -0.386. The molecule has 0 aromatic heterocycles. The van der Waals surface area contributed by atoms with Crippen molar-refractivity contribution in [1.29, 1.82) is 0 Å². The van der Waals surface area contributed by atoms with Crippen molar-refractivity contribution in [3.8, 4) is 5.75 Å². The number of carbonyl (C=O) groups is 1. The van der Waals surface area contributed by atoms with E-state index in [9.17, 15) is 14.9 Å².